The van der Waals surface area contributed by atoms with Crippen LogP contribution < -0.4 is 0 Å². The van der Waals surface area contributed by atoms with Gasteiger partial charge in [-0.15, -0.1) is 0 Å². The van der Waals surface area contributed by atoms with Gasteiger partial charge in [0.15, 0.2) is 0 Å². The molecule has 0 fully saturated rings. The van der Waals surface area contributed by atoms with Crippen LogP contribution in [-0.2, 0) is 11.3 Å². The van der Waals surface area contributed by atoms with E-state index in [9.17, 15) is 0 Å². The lowest BCUT2D eigenvalue weighted by atomic mass is 10.2. The van der Waals surface area contributed by atoms with E-state index in [1.165, 1.54) is 12.8 Å². The number of ether oxygens (including phenoxy) is 1. The highest BCUT2D eigenvalue weighted by atomic mass is 35.5. The van der Waals surface area contributed by atoms with E-state index in [-0.39, 0.29) is 0 Å². The molecule has 0 saturated carbocycles. The summed E-state index contributed by atoms with van der Waals surface area (Å²) in [6, 6.07) is 7.61. The van der Waals surface area contributed by atoms with Crippen molar-refractivity contribution >= 4 is 11.6 Å². The highest BCUT2D eigenvalue weighted by molar-refractivity contribution is 6.30. The van der Waals surface area contributed by atoms with Gasteiger partial charge in [0.05, 0.1) is 6.61 Å². The van der Waals surface area contributed by atoms with E-state index in [0.29, 0.717) is 6.61 Å². The predicted octanol–water partition coefficient (Wildman–Crippen LogP) is 4.29. The summed E-state index contributed by atoms with van der Waals surface area (Å²) in [6.07, 6.45) is 2.64. The van der Waals surface area contributed by atoms with Crippen molar-refractivity contribution in [2.24, 2.45) is 0 Å². The highest BCUT2D eigenvalue weighted by Gasteiger charge is 1.89. The lowest BCUT2D eigenvalue weighted by Crippen LogP contribution is -1.84. The molecule has 0 N–H and O–H groups in total. The Kier molecular flexibility index (Phi) is 8.70. The van der Waals surface area contributed by atoms with Gasteiger partial charge in [-0.05, 0) is 17.7 Å². The van der Waals surface area contributed by atoms with Gasteiger partial charge in [-0.3, -0.25) is 0 Å². The Morgan fingerprint density at radius 1 is 1.07 bits per heavy atom. The van der Waals surface area contributed by atoms with Crippen molar-refractivity contribution in [3.05, 3.63) is 34.9 Å². The van der Waals surface area contributed by atoms with E-state index in [4.69, 9.17) is 16.3 Å². The molecule has 0 unspecified atom stereocenters. The Balaban J connectivity index is 0.000000364. The SMILES string of the molecule is CCCC.COCc1ccc(Cl)cc1. The van der Waals surface area contributed by atoms with Gasteiger partial charge >= 0.3 is 0 Å². The molecule has 0 bridgehead atoms. The van der Waals surface area contributed by atoms with Crippen molar-refractivity contribution in [3.63, 3.8) is 0 Å². The Morgan fingerprint density at radius 2 is 1.57 bits per heavy atom. The van der Waals surface area contributed by atoms with Gasteiger partial charge in [-0.1, -0.05) is 50.4 Å². The third-order valence-corrected chi connectivity index (χ3v) is 1.98. The summed E-state index contributed by atoms with van der Waals surface area (Å²) in [4.78, 5) is 0. The first-order valence-corrected chi connectivity index (χ1v) is 5.35. The van der Waals surface area contributed by atoms with Gasteiger partial charge in [-0.25, -0.2) is 0 Å². The second-order valence-electron chi connectivity index (χ2n) is 3.06. The molecule has 0 radical (unpaired) electrons. The maximum atomic E-state index is 5.67. The average Bonchev–Trinajstić information content (AvgIpc) is 2.22. The topological polar surface area (TPSA) is 9.23 Å². The molecule has 0 spiro atoms. The average molecular weight is 215 g/mol. The molecule has 80 valence electrons. The molecule has 2 heteroatoms. The van der Waals surface area contributed by atoms with E-state index in [1.807, 2.05) is 24.3 Å². The molecule has 1 aromatic rings. The van der Waals surface area contributed by atoms with E-state index in [2.05, 4.69) is 13.8 Å². The van der Waals surface area contributed by atoms with Gasteiger partial charge < -0.3 is 4.74 Å². The maximum absolute atomic E-state index is 5.67. The number of hydrogen-bond donors (Lipinski definition) is 0. The highest BCUT2D eigenvalue weighted by Crippen LogP contribution is 2.09. The molecule has 0 aliphatic rings. The predicted molar refractivity (Wildman–Crippen MR) is 62.7 cm³/mol. The third-order valence-electron chi connectivity index (χ3n) is 1.72. The fourth-order valence-corrected chi connectivity index (χ4v) is 0.873. The van der Waals surface area contributed by atoms with Crippen LogP contribution in [0.3, 0.4) is 0 Å². The number of hydrogen-bond acceptors (Lipinski definition) is 1. The van der Waals surface area contributed by atoms with Crippen LogP contribution in [0.4, 0.5) is 0 Å². The van der Waals surface area contributed by atoms with Crippen LogP contribution in [0.15, 0.2) is 24.3 Å². The van der Waals surface area contributed by atoms with Gasteiger partial charge in [0.25, 0.3) is 0 Å². The quantitative estimate of drug-likeness (QED) is 0.729. The van der Waals surface area contributed by atoms with Crippen molar-refractivity contribution in [1.82, 2.24) is 0 Å². The molecule has 0 aliphatic carbocycles. The first-order valence-electron chi connectivity index (χ1n) is 4.98. The van der Waals surface area contributed by atoms with Crippen molar-refractivity contribution in [1.29, 1.82) is 0 Å². The van der Waals surface area contributed by atoms with Gasteiger partial charge in [0, 0.05) is 12.1 Å². The summed E-state index contributed by atoms with van der Waals surface area (Å²) in [7, 11) is 1.68. The Morgan fingerprint density at radius 3 is 1.93 bits per heavy atom. The van der Waals surface area contributed by atoms with Gasteiger partial charge in [-0.2, -0.15) is 0 Å². The van der Waals surface area contributed by atoms with Crippen molar-refractivity contribution in [2.45, 2.75) is 33.3 Å². The van der Waals surface area contributed by atoms with Crippen LogP contribution in [0.1, 0.15) is 32.3 Å². The summed E-state index contributed by atoms with van der Waals surface area (Å²) >= 11 is 5.67. The lowest BCUT2D eigenvalue weighted by molar-refractivity contribution is 0.185. The van der Waals surface area contributed by atoms with Crippen molar-refractivity contribution in [2.75, 3.05) is 7.11 Å². The molecule has 1 aromatic carbocycles. The Bertz CT molecular complexity index is 216. The first-order chi connectivity index (χ1) is 6.74. The second kappa shape index (κ2) is 9.04. The molecule has 0 heterocycles. The smallest absolute Gasteiger partial charge is 0.0713 e. The van der Waals surface area contributed by atoms with Crippen LogP contribution in [0.25, 0.3) is 0 Å². The van der Waals surface area contributed by atoms with Crippen molar-refractivity contribution < 1.29 is 4.74 Å². The van der Waals surface area contributed by atoms with Crippen LogP contribution in [0, 0.1) is 0 Å². The molecule has 0 saturated heterocycles. The van der Waals surface area contributed by atoms with Gasteiger partial charge in [0.2, 0.25) is 0 Å². The normalized spacial score (nSPS) is 9.14. The van der Waals surface area contributed by atoms with Crippen molar-refractivity contribution in [3.8, 4) is 0 Å². The largest absolute Gasteiger partial charge is 0.380 e. The standard InChI is InChI=1S/C8H9ClO.C4H10/c1-10-6-7-2-4-8(9)5-3-7;1-3-4-2/h2-5H,6H2,1H3;3-4H2,1-2H3. The molecule has 1 rings (SSSR count). The number of methoxy groups -OCH3 is 1. The number of unbranched alkanes of at least 4 members (excludes halogenated alkanes) is 1. The second-order valence-corrected chi connectivity index (χ2v) is 3.50. The monoisotopic (exact) mass is 214 g/mol. The molecule has 0 aliphatic heterocycles. The van der Waals surface area contributed by atoms with Crippen LogP contribution in [-0.4, -0.2) is 7.11 Å². The lowest BCUT2D eigenvalue weighted by Gasteiger charge is -1.97. The fourth-order valence-electron chi connectivity index (χ4n) is 0.747. The van der Waals surface area contributed by atoms with Crippen LogP contribution in [0.5, 0.6) is 0 Å². The van der Waals surface area contributed by atoms with E-state index < -0.39 is 0 Å². The third kappa shape index (κ3) is 6.93. The minimum Gasteiger partial charge on any atom is -0.380 e. The Labute approximate surface area is 92.0 Å². The summed E-state index contributed by atoms with van der Waals surface area (Å²) in [5.41, 5.74) is 1.15. The molecule has 0 aromatic heterocycles. The molecule has 0 atom stereocenters. The number of halogens is 1. The molecular formula is C12H19ClO. The summed E-state index contributed by atoms with van der Waals surface area (Å²) < 4.78 is 4.92. The molecular weight excluding hydrogens is 196 g/mol. The number of rotatable bonds is 3. The zero-order valence-electron chi connectivity index (χ0n) is 9.22. The fraction of sp³-hybridized carbons (Fsp3) is 0.500. The van der Waals surface area contributed by atoms with Crippen LogP contribution >= 0.6 is 11.6 Å². The number of benzene rings is 1. The summed E-state index contributed by atoms with van der Waals surface area (Å²) in [5, 5.41) is 0.764. The van der Waals surface area contributed by atoms with E-state index >= 15 is 0 Å². The Hall–Kier alpha value is -0.530. The minimum atomic E-state index is 0.650. The zero-order chi connectivity index (χ0) is 10.8. The van der Waals surface area contributed by atoms with E-state index in [1.54, 1.807) is 7.11 Å². The first kappa shape index (κ1) is 13.5. The minimum absolute atomic E-state index is 0.650. The van der Waals surface area contributed by atoms with E-state index in [0.717, 1.165) is 10.6 Å². The zero-order valence-corrected chi connectivity index (χ0v) is 9.97. The molecule has 1 nitrogen and oxygen atoms in total. The molecule has 0 amide bonds. The summed E-state index contributed by atoms with van der Waals surface area (Å²) in [5.74, 6) is 0. The van der Waals surface area contributed by atoms with Crippen LogP contribution in [0.2, 0.25) is 5.02 Å². The maximum Gasteiger partial charge on any atom is 0.0713 e. The van der Waals surface area contributed by atoms with Gasteiger partial charge in [0.1, 0.15) is 0 Å². The summed E-state index contributed by atoms with van der Waals surface area (Å²) in [6.45, 7) is 5.01. The molecule has 14 heavy (non-hydrogen) atoms.